The van der Waals surface area contributed by atoms with E-state index in [4.69, 9.17) is 5.10 Å². The average Bonchev–Trinajstić information content (AvgIpc) is 3.11. The zero-order valence-electron chi connectivity index (χ0n) is 19.8. The molecule has 1 unspecified atom stereocenters. The van der Waals surface area contributed by atoms with Crippen molar-refractivity contribution >= 4 is 5.91 Å². The maximum atomic E-state index is 13.0. The van der Waals surface area contributed by atoms with Crippen molar-refractivity contribution in [1.82, 2.24) is 20.0 Å². The highest BCUT2D eigenvalue weighted by Crippen LogP contribution is 2.41. The van der Waals surface area contributed by atoms with E-state index in [2.05, 4.69) is 73.8 Å². The van der Waals surface area contributed by atoms with Crippen molar-refractivity contribution in [3.8, 4) is 5.69 Å². The number of aromatic nitrogens is 2. The molecule has 2 aliphatic rings. The number of hydrogen-bond donors (Lipinski definition) is 1. The minimum atomic E-state index is 0.0415. The molecule has 5 heteroatoms. The Hall–Kier alpha value is -2.14. The van der Waals surface area contributed by atoms with Crippen LogP contribution in [0.2, 0.25) is 0 Å². The van der Waals surface area contributed by atoms with Crippen LogP contribution in [0.25, 0.3) is 5.69 Å². The molecule has 4 rings (SSSR count). The van der Waals surface area contributed by atoms with Crippen molar-refractivity contribution in [2.75, 3.05) is 13.1 Å². The summed E-state index contributed by atoms with van der Waals surface area (Å²) in [5.41, 5.74) is 4.88. The van der Waals surface area contributed by atoms with Crippen LogP contribution in [0.5, 0.6) is 0 Å². The molecule has 1 saturated heterocycles. The Morgan fingerprint density at radius 3 is 2.61 bits per heavy atom. The number of nitrogens with zero attached hydrogens (tertiary/aromatic N) is 3. The third-order valence-corrected chi connectivity index (χ3v) is 7.21. The number of fused-ring (bicyclic) bond motifs is 1. The summed E-state index contributed by atoms with van der Waals surface area (Å²) in [6.07, 6.45) is 6.79. The molecule has 1 aliphatic heterocycles. The largest absolute Gasteiger partial charge is 0.349 e. The van der Waals surface area contributed by atoms with Gasteiger partial charge >= 0.3 is 0 Å². The van der Waals surface area contributed by atoms with E-state index in [0.717, 1.165) is 44.5 Å². The Balaban J connectivity index is 1.48. The monoisotopic (exact) mass is 422 g/mol. The van der Waals surface area contributed by atoms with Crippen molar-refractivity contribution < 1.29 is 4.79 Å². The van der Waals surface area contributed by atoms with Crippen LogP contribution >= 0.6 is 0 Å². The highest BCUT2D eigenvalue weighted by molar-refractivity contribution is 5.76. The van der Waals surface area contributed by atoms with Crippen LogP contribution in [0.15, 0.2) is 30.5 Å². The van der Waals surface area contributed by atoms with Gasteiger partial charge in [-0.25, -0.2) is 4.68 Å². The van der Waals surface area contributed by atoms with Gasteiger partial charge in [-0.15, -0.1) is 0 Å². The van der Waals surface area contributed by atoms with Crippen LogP contribution in [0.4, 0.5) is 0 Å². The van der Waals surface area contributed by atoms with Crippen LogP contribution in [0.3, 0.4) is 0 Å². The van der Waals surface area contributed by atoms with Crippen LogP contribution in [-0.2, 0) is 11.2 Å². The maximum Gasteiger partial charge on any atom is 0.220 e. The molecule has 168 valence electrons. The number of aryl methyl sites for hydroxylation is 1. The molecule has 2 aromatic rings. The smallest absolute Gasteiger partial charge is 0.220 e. The van der Waals surface area contributed by atoms with E-state index in [1.54, 1.807) is 0 Å². The molecule has 0 saturated carbocycles. The molecular formula is C26H38N4O. The molecule has 0 spiro atoms. The Kier molecular flexibility index (Phi) is 6.25. The second kappa shape index (κ2) is 8.78. The van der Waals surface area contributed by atoms with Gasteiger partial charge in [0, 0.05) is 18.0 Å². The number of carbonyl (C=O) groups is 1. The molecule has 1 fully saturated rings. The van der Waals surface area contributed by atoms with Crippen LogP contribution in [0, 0.1) is 18.3 Å². The third-order valence-electron chi connectivity index (χ3n) is 7.21. The van der Waals surface area contributed by atoms with E-state index in [-0.39, 0.29) is 17.4 Å². The van der Waals surface area contributed by atoms with E-state index < -0.39 is 0 Å². The van der Waals surface area contributed by atoms with Gasteiger partial charge in [-0.2, -0.15) is 5.10 Å². The van der Waals surface area contributed by atoms with Gasteiger partial charge < -0.3 is 10.2 Å². The molecule has 0 radical (unpaired) electrons. The lowest BCUT2D eigenvalue weighted by molar-refractivity contribution is -0.123. The lowest BCUT2D eigenvalue weighted by atomic mass is 9.74. The summed E-state index contributed by atoms with van der Waals surface area (Å²) in [6, 6.07) is 9.02. The van der Waals surface area contributed by atoms with E-state index in [1.807, 2.05) is 6.20 Å². The number of carbonyl (C=O) groups excluding carboxylic acids is 1. The Labute approximate surface area is 187 Å². The first kappa shape index (κ1) is 22.1. The summed E-state index contributed by atoms with van der Waals surface area (Å²) in [6.45, 7) is 13.5. The number of hydrogen-bond acceptors (Lipinski definition) is 3. The molecule has 31 heavy (non-hydrogen) atoms. The fraction of sp³-hybridized carbons (Fsp3) is 0.615. The number of amides is 1. The van der Waals surface area contributed by atoms with Gasteiger partial charge in [0.05, 0.1) is 23.6 Å². The summed E-state index contributed by atoms with van der Waals surface area (Å²) in [7, 11) is 0. The summed E-state index contributed by atoms with van der Waals surface area (Å²) >= 11 is 0. The lowest BCUT2D eigenvalue weighted by Gasteiger charge is -2.37. The number of nitrogens with one attached hydrogen (secondary N) is 1. The minimum absolute atomic E-state index is 0.0415. The first-order valence-electron chi connectivity index (χ1n) is 11.9. The summed E-state index contributed by atoms with van der Waals surface area (Å²) in [4.78, 5) is 15.5. The summed E-state index contributed by atoms with van der Waals surface area (Å²) < 4.78 is 2.09. The van der Waals surface area contributed by atoms with Gasteiger partial charge in [-0.3, -0.25) is 4.79 Å². The number of piperidine rings is 1. The van der Waals surface area contributed by atoms with E-state index in [9.17, 15) is 4.79 Å². The predicted octanol–water partition coefficient (Wildman–Crippen LogP) is 4.82. The Bertz CT molecular complexity index is 921. The normalized spacial score (nSPS) is 21.8. The van der Waals surface area contributed by atoms with Gasteiger partial charge in [0.15, 0.2) is 0 Å². The van der Waals surface area contributed by atoms with Gasteiger partial charge in [0.25, 0.3) is 0 Å². The molecule has 1 amide bonds. The van der Waals surface area contributed by atoms with Gasteiger partial charge in [0.2, 0.25) is 5.91 Å². The van der Waals surface area contributed by atoms with Crippen molar-refractivity contribution in [3.63, 3.8) is 0 Å². The van der Waals surface area contributed by atoms with Gasteiger partial charge in [0.1, 0.15) is 0 Å². The number of benzene rings is 1. The van der Waals surface area contributed by atoms with Crippen molar-refractivity contribution in [3.05, 3.63) is 47.3 Å². The highest BCUT2D eigenvalue weighted by atomic mass is 16.1. The first-order chi connectivity index (χ1) is 14.7. The zero-order chi connectivity index (χ0) is 22.2. The molecular weight excluding hydrogens is 384 g/mol. The first-order valence-corrected chi connectivity index (χ1v) is 11.9. The molecule has 1 aliphatic carbocycles. The van der Waals surface area contributed by atoms with E-state index in [0.29, 0.717) is 18.4 Å². The maximum absolute atomic E-state index is 13.0. The zero-order valence-corrected chi connectivity index (χ0v) is 19.8. The summed E-state index contributed by atoms with van der Waals surface area (Å²) in [5, 5.41) is 8.14. The second-order valence-electron chi connectivity index (χ2n) is 10.7. The Morgan fingerprint density at radius 2 is 1.94 bits per heavy atom. The third kappa shape index (κ3) is 4.87. The molecule has 1 aromatic carbocycles. The Morgan fingerprint density at radius 1 is 1.23 bits per heavy atom. The minimum Gasteiger partial charge on any atom is -0.349 e. The molecule has 5 nitrogen and oxygen atoms in total. The topological polar surface area (TPSA) is 50.2 Å². The molecule has 2 heterocycles. The molecule has 0 bridgehead atoms. The van der Waals surface area contributed by atoms with Crippen molar-refractivity contribution in [1.29, 1.82) is 0 Å². The average molecular weight is 423 g/mol. The molecule has 1 atom stereocenters. The quantitative estimate of drug-likeness (QED) is 0.751. The van der Waals surface area contributed by atoms with E-state index in [1.165, 1.54) is 16.8 Å². The van der Waals surface area contributed by atoms with Crippen molar-refractivity contribution in [2.24, 2.45) is 11.3 Å². The van der Waals surface area contributed by atoms with Crippen LogP contribution in [0.1, 0.15) is 76.2 Å². The van der Waals surface area contributed by atoms with Gasteiger partial charge in [-0.1, -0.05) is 32.0 Å². The highest BCUT2D eigenvalue weighted by Gasteiger charge is 2.36. The fourth-order valence-electron chi connectivity index (χ4n) is 5.37. The lowest BCUT2D eigenvalue weighted by Crippen LogP contribution is -2.41. The SMILES string of the molecule is Cc1ccccc1-n1ncc2c1CC(C)(C)CC2NC(=O)CC1CCN(C(C)C)CC1. The number of likely N-dealkylation sites (tertiary alicyclic amines) is 1. The van der Waals surface area contributed by atoms with Crippen LogP contribution in [-0.4, -0.2) is 39.7 Å². The molecule has 1 aromatic heterocycles. The second-order valence-corrected chi connectivity index (χ2v) is 10.7. The van der Waals surface area contributed by atoms with Crippen LogP contribution < -0.4 is 5.32 Å². The standard InChI is InChI=1S/C26H38N4O/c1-18(2)29-12-10-20(11-13-29)14-25(31)28-22-15-26(4,5)16-24-21(22)17-27-30(24)23-9-7-6-8-19(23)3/h6-9,17-18,20,22H,10-16H2,1-5H3,(H,28,31). The predicted molar refractivity (Wildman–Crippen MR) is 125 cm³/mol. The summed E-state index contributed by atoms with van der Waals surface area (Å²) in [5.74, 6) is 0.695. The van der Waals surface area contributed by atoms with E-state index >= 15 is 0 Å². The van der Waals surface area contributed by atoms with Crippen molar-refractivity contribution in [2.45, 2.75) is 78.8 Å². The fourth-order valence-corrected chi connectivity index (χ4v) is 5.37. The number of rotatable bonds is 5. The van der Waals surface area contributed by atoms with Gasteiger partial charge in [-0.05, 0) is 82.5 Å². The number of para-hydroxylation sites is 1. The molecule has 1 N–H and O–H groups in total.